The SMILES string of the molecule is NC(=O)c1c(NC(=O)c2coc3ccccc3c2=O)sc2c1CCCC2. The molecule has 7 heteroatoms. The molecule has 0 saturated heterocycles. The molecule has 3 aromatic rings. The first-order valence-corrected chi connectivity index (χ1v) is 9.14. The third-order valence-corrected chi connectivity index (χ3v) is 5.78. The van der Waals surface area contributed by atoms with Gasteiger partial charge >= 0.3 is 0 Å². The molecule has 132 valence electrons. The van der Waals surface area contributed by atoms with Gasteiger partial charge in [0.1, 0.15) is 22.4 Å². The summed E-state index contributed by atoms with van der Waals surface area (Å²) >= 11 is 1.36. The molecule has 2 heterocycles. The van der Waals surface area contributed by atoms with E-state index < -0.39 is 17.2 Å². The number of para-hydroxylation sites is 1. The Balaban J connectivity index is 1.73. The number of primary amides is 1. The zero-order chi connectivity index (χ0) is 18.3. The van der Waals surface area contributed by atoms with Crippen LogP contribution in [-0.2, 0) is 12.8 Å². The maximum absolute atomic E-state index is 12.6. The largest absolute Gasteiger partial charge is 0.463 e. The highest BCUT2D eigenvalue weighted by molar-refractivity contribution is 7.17. The Labute approximate surface area is 152 Å². The minimum absolute atomic E-state index is 0.106. The van der Waals surface area contributed by atoms with E-state index in [4.69, 9.17) is 10.2 Å². The number of fused-ring (bicyclic) bond motifs is 2. The number of hydrogen-bond acceptors (Lipinski definition) is 5. The predicted molar refractivity (Wildman–Crippen MR) is 99.9 cm³/mol. The maximum atomic E-state index is 12.6. The number of benzene rings is 1. The molecule has 0 fully saturated rings. The molecule has 2 aromatic heterocycles. The summed E-state index contributed by atoms with van der Waals surface area (Å²) in [6, 6.07) is 6.73. The molecular formula is C19H16N2O4S. The quantitative estimate of drug-likeness (QED) is 0.741. The minimum atomic E-state index is -0.606. The maximum Gasteiger partial charge on any atom is 0.263 e. The number of rotatable bonds is 3. The highest BCUT2D eigenvalue weighted by Crippen LogP contribution is 2.38. The van der Waals surface area contributed by atoms with Crippen molar-refractivity contribution in [3.8, 4) is 0 Å². The molecule has 0 radical (unpaired) electrons. The van der Waals surface area contributed by atoms with Crippen molar-refractivity contribution in [1.29, 1.82) is 0 Å². The van der Waals surface area contributed by atoms with Gasteiger partial charge in [-0.1, -0.05) is 12.1 Å². The first kappa shape index (κ1) is 16.5. The molecule has 6 nitrogen and oxygen atoms in total. The van der Waals surface area contributed by atoms with E-state index in [9.17, 15) is 14.4 Å². The van der Waals surface area contributed by atoms with Crippen molar-refractivity contribution in [2.75, 3.05) is 5.32 Å². The summed E-state index contributed by atoms with van der Waals surface area (Å²) < 4.78 is 5.39. The van der Waals surface area contributed by atoms with Crippen LogP contribution in [0.25, 0.3) is 11.0 Å². The van der Waals surface area contributed by atoms with Crippen molar-refractivity contribution in [2.45, 2.75) is 25.7 Å². The lowest BCUT2D eigenvalue weighted by Crippen LogP contribution is -2.23. The highest BCUT2D eigenvalue weighted by atomic mass is 32.1. The molecule has 1 aliphatic rings. The molecule has 2 amide bonds. The topological polar surface area (TPSA) is 102 Å². The summed E-state index contributed by atoms with van der Waals surface area (Å²) in [4.78, 5) is 38.2. The summed E-state index contributed by atoms with van der Waals surface area (Å²) in [5.74, 6) is -1.17. The van der Waals surface area contributed by atoms with E-state index >= 15 is 0 Å². The number of carbonyl (C=O) groups is 2. The van der Waals surface area contributed by atoms with Crippen LogP contribution in [0.15, 0.2) is 39.7 Å². The second-order valence-corrected chi connectivity index (χ2v) is 7.31. The van der Waals surface area contributed by atoms with Crippen LogP contribution in [0, 0.1) is 0 Å². The van der Waals surface area contributed by atoms with Crippen LogP contribution in [0.2, 0.25) is 0 Å². The van der Waals surface area contributed by atoms with Crippen molar-refractivity contribution >= 4 is 39.1 Å². The summed E-state index contributed by atoms with van der Waals surface area (Å²) in [5.41, 5.74) is 6.73. The number of amides is 2. The number of anilines is 1. The minimum Gasteiger partial charge on any atom is -0.463 e. The van der Waals surface area contributed by atoms with Crippen LogP contribution in [0.1, 0.15) is 44.0 Å². The van der Waals surface area contributed by atoms with E-state index in [2.05, 4.69) is 5.32 Å². The van der Waals surface area contributed by atoms with Gasteiger partial charge in [0.2, 0.25) is 5.43 Å². The molecule has 26 heavy (non-hydrogen) atoms. The zero-order valence-electron chi connectivity index (χ0n) is 13.8. The fourth-order valence-corrected chi connectivity index (χ4v) is 4.61. The summed E-state index contributed by atoms with van der Waals surface area (Å²) in [6.07, 6.45) is 4.84. The monoisotopic (exact) mass is 368 g/mol. The molecule has 0 aliphatic heterocycles. The molecule has 3 N–H and O–H groups in total. The smallest absolute Gasteiger partial charge is 0.263 e. The van der Waals surface area contributed by atoms with E-state index in [0.29, 0.717) is 21.5 Å². The average molecular weight is 368 g/mol. The number of hydrogen-bond donors (Lipinski definition) is 2. The van der Waals surface area contributed by atoms with Crippen molar-refractivity contribution in [1.82, 2.24) is 0 Å². The van der Waals surface area contributed by atoms with E-state index in [1.54, 1.807) is 24.3 Å². The molecule has 0 spiro atoms. The average Bonchev–Trinajstić information content (AvgIpc) is 3.00. The Morgan fingerprint density at radius 2 is 1.92 bits per heavy atom. The van der Waals surface area contributed by atoms with E-state index in [0.717, 1.165) is 42.4 Å². The van der Waals surface area contributed by atoms with Gasteiger partial charge in [0.05, 0.1) is 10.9 Å². The van der Waals surface area contributed by atoms with Crippen LogP contribution in [0.3, 0.4) is 0 Å². The van der Waals surface area contributed by atoms with E-state index in [-0.39, 0.29) is 5.56 Å². The second kappa shape index (κ2) is 6.42. The molecule has 1 aliphatic carbocycles. The van der Waals surface area contributed by atoms with Gasteiger partial charge in [0.25, 0.3) is 11.8 Å². The standard InChI is InChI=1S/C19H16N2O4S/c20-17(23)15-11-6-2-4-8-14(11)26-19(15)21-18(24)12-9-25-13-7-3-1-5-10(13)16(12)22/h1,3,5,7,9H,2,4,6,8H2,(H2,20,23)(H,21,24). The fourth-order valence-electron chi connectivity index (χ4n) is 3.32. The number of carbonyl (C=O) groups excluding carboxylic acids is 2. The summed E-state index contributed by atoms with van der Waals surface area (Å²) in [5, 5.41) is 3.43. The Bertz CT molecular complexity index is 1100. The first-order chi connectivity index (χ1) is 12.6. The van der Waals surface area contributed by atoms with Gasteiger partial charge in [0.15, 0.2) is 0 Å². The van der Waals surface area contributed by atoms with Gasteiger partial charge < -0.3 is 15.5 Å². The number of thiophene rings is 1. The zero-order valence-corrected chi connectivity index (χ0v) is 14.7. The summed E-state index contributed by atoms with van der Waals surface area (Å²) in [7, 11) is 0. The van der Waals surface area contributed by atoms with Crippen molar-refractivity contribution in [3.05, 3.63) is 62.3 Å². The Hall–Kier alpha value is -2.93. The molecule has 0 atom stereocenters. The van der Waals surface area contributed by atoms with Crippen molar-refractivity contribution < 1.29 is 14.0 Å². The van der Waals surface area contributed by atoms with Crippen molar-refractivity contribution in [3.63, 3.8) is 0 Å². The van der Waals surface area contributed by atoms with Crippen LogP contribution < -0.4 is 16.5 Å². The number of aryl methyl sites for hydroxylation is 1. The van der Waals surface area contributed by atoms with Crippen molar-refractivity contribution in [2.24, 2.45) is 5.73 Å². The van der Waals surface area contributed by atoms with Crippen LogP contribution in [-0.4, -0.2) is 11.8 Å². The molecule has 0 bridgehead atoms. The van der Waals surface area contributed by atoms with Gasteiger partial charge in [-0.3, -0.25) is 14.4 Å². The molecule has 0 saturated carbocycles. The fraction of sp³-hybridized carbons (Fsp3) is 0.211. The Kier molecular flexibility index (Phi) is 4.08. The molecular weight excluding hydrogens is 352 g/mol. The third kappa shape index (κ3) is 2.70. The predicted octanol–water partition coefficient (Wildman–Crippen LogP) is 3.08. The molecule has 1 aromatic carbocycles. The number of nitrogens with one attached hydrogen (secondary N) is 1. The second-order valence-electron chi connectivity index (χ2n) is 6.21. The van der Waals surface area contributed by atoms with Gasteiger partial charge in [-0.05, 0) is 43.4 Å². The van der Waals surface area contributed by atoms with Crippen LogP contribution in [0.5, 0.6) is 0 Å². The van der Waals surface area contributed by atoms with E-state index in [1.165, 1.54) is 11.3 Å². The number of nitrogens with two attached hydrogens (primary N) is 1. The van der Waals surface area contributed by atoms with Gasteiger partial charge in [-0.25, -0.2) is 0 Å². The van der Waals surface area contributed by atoms with Crippen LogP contribution >= 0.6 is 11.3 Å². The van der Waals surface area contributed by atoms with Gasteiger partial charge in [-0.15, -0.1) is 11.3 Å². The molecule has 0 unspecified atom stereocenters. The Morgan fingerprint density at radius 3 is 2.73 bits per heavy atom. The first-order valence-electron chi connectivity index (χ1n) is 8.32. The normalized spacial score (nSPS) is 13.4. The Morgan fingerprint density at radius 1 is 1.15 bits per heavy atom. The lowest BCUT2D eigenvalue weighted by molar-refractivity contribution is 0.100. The van der Waals surface area contributed by atoms with Crippen LogP contribution in [0.4, 0.5) is 5.00 Å². The van der Waals surface area contributed by atoms with Gasteiger partial charge in [-0.2, -0.15) is 0 Å². The molecule has 4 rings (SSSR count). The highest BCUT2D eigenvalue weighted by Gasteiger charge is 2.26. The van der Waals surface area contributed by atoms with Gasteiger partial charge in [0, 0.05) is 4.88 Å². The summed E-state index contributed by atoms with van der Waals surface area (Å²) in [6.45, 7) is 0. The lowest BCUT2D eigenvalue weighted by atomic mass is 9.95. The third-order valence-electron chi connectivity index (χ3n) is 4.57. The van der Waals surface area contributed by atoms with E-state index in [1.807, 2.05) is 0 Å². The lowest BCUT2D eigenvalue weighted by Gasteiger charge is -2.11.